The van der Waals surface area contributed by atoms with Crippen molar-refractivity contribution in [3.63, 3.8) is 0 Å². The Morgan fingerprint density at radius 3 is 2.86 bits per heavy atom. The normalized spacial score (nSPS) is 11.3. The fourth-order valence-electron chi connectivity index (χ4n) is 3.39. The van der Waals surface area contributed by atoms with Crippen LogP contribution in [0.5, 0.6) is 0 Å². The van der Waals surface area contributed by atoms with Gasteiger partial charge in [-0.3, -0.25) is 14.6 Å². The van der Waals surface area contributed by atoms with Crippen molar-refractivity contribution < 1.29 is 0 Å². The molecule has 1 N–H and O–H groups in total. The Kier molecular flexibility index (Phi) is 3.93. The first-order valence-corrected chi connectivity index (χ1v) is 9.10. The third kappa shape index (κ3) is 2.84. The Morgan fingerprint density at radius 2 is 2.00 bits per heavy atom. The lowest BCUT2D eigenvalue weighted by Gasteiger charge is -2.09. The van der Waals surface area contributed by atoms with Crippen LogP contribution in [0.15, 0.2) is 61.6 Å². The van der Waals surface area contributed by atoms with Crippen molar-refractivity contribution in [3.05, 3.63) is 72.8 Å². The van der Waals surface area contributed by atoms with Gasteiger partial charge in [0.05, 0.1) is 30.1 Å². The third-order valence-corrected chi connectivity index (χ3v) is 4.75. The van der Waals surface area contributed by atoms with Gasteiger partial charge in [-0.05, 0) is 36.2 Å². The number of nitrogens with zero attached hydrogens (tertiary/aromatic N) is 7. The molecule has 0 aliphatic heterocycles. The molecule has 0 bridgehead atoms. The number of benzene rings is 1. The Hall–Kier alpha value is -3.81. The summed E-state index contributed by atoms with van der Waals surface area (Å²) in [6.07, 6.45) is 11.4. The summed E-state index contributed by atoms with van der Waals surface area (Å²) in [5, 5.41) is 13.3. The number of hydrogen-bond donors (Lipinski definition) is 1. The first-order valence-electron chi connectivity index (χ1n) is 9.10. The monoisotopic (exact) mass is 370 g/mol. The standard InChI is InChI=1S/C20H18N8/c1-2-14-5-8-27-19(14)20(23-13-25-27)26-16-3-4-18-15(9-16)10-24-28(18)12-17-11-21-6-7-22-17/h3-11,13H,2,12H2,1H3,(H,23,25,26). The summed E-state index contributed by atoms with van der Waals surface area (Å²) in [5.74, 6) is 0.795. The summed E-state index contributed by atoms with van der Waals surface area (Å²) >= 11 is 0. The number of anilines is 2. The lowest BCUT2D eigenvalue weighted by molar-refractivity contribution is 0.693. The van der Waals surface area contributed by atoms with E-state index in [2.05, 4.69) is 55.6 Å². The predicted octanol–water partition coefficient (Wildman–Crippen LogP) is 3.22. The maximum Gasteiger partial charge on any atom is 0.158 e. The van der Waals surface area contributed by atoms with Crippen LogP contribution >= 0.6 is 0 Å². The first-order chi connectivity index (χ1) is 13.8. The smallest absolute Gasteiger partial charge is 0.158 e. The predicted molar refractivity (Wildman–Crippen MR) is 107 cm³/mol. The highest BCUT2D eigenvalue weighted by molar-refractivity contribution is 5.85. The van der Waals surface area contributed by atoms with Crippen LogP contribution in [0.4, 0.5) is 11.5 Å². The quantitative estimate of drug-likeness (QED) is 0.511. The highest BCUT2D eigenvalue weighted by Crippen LogP contribution is 2.26. The molecule has 0 atom stereocenters. The zero-order valence-corrected chi connectivity index (χ0v) is 15.3. The second-order valence-corrected chi connectivity index (χ2v) is 6.49. The van der Waals surface area contributed by atoms with E-state index in [4.69, 9.17) is 0 Å². The Morgan fingerprint density at radius 1 is 1.04 bits per heavy atom. The van der Waals surface area contributed by atoms with E-state index >= 15 is 0 Å². The molecule has 4 heterocycles. The van der Waals surface area contributed by atoms with Crippen LogP contribution in [0.2, 0.25) is 0 Å². The van der Waals surface area contributed by atoms with Crippen LogP contribution in [0.3, 0.4) is 0 Å². The van der Waals surface area contributed by atoms with Gasteiger partial charge in [-0.15, -0.1) is 0 Å². The van der Waals surface area contributed by atoms with Crippen molar-refractivity contribution in [2.75, 3.05) is 5.32 Å². The van der Waals surface area contributed by atoms with Crippen LogP contribution in [0, 0.1) is 0 Å². The number of hydrogen-bond acceptors (Lipinski definition) is 6. The molecule has 0 amide bonds. The highest BCUT2D eigenvalue weighted by Gasteiger charge is 2.10. The minimum atomic E-state index is 0.584. The molecule has 5 aromatic rings. The summed E-state index contributed by atoms with van der Waals surface area (Å²) in [7, 11) is 0. The molecule has 0 saturated carbocycles. The molecule has 0 saturated heterocycles. The summed E-state index contributed by atoms with van der Waals surface area (Å²) in [5.41, 5.74) is 5.08. The summed E-state index contributed by atoms with van der Waals surface area (Å²) in [6, 6.07) is 8.24. The lowest BCUT2D eigenvalue weighted by atomic mass is 10.2. The van der Waals surface area contributed by atoms with Crippen molar-refractivity contribution >= 4 is 27.9 Å². The van der Waals surface area contributed by atoms with Gasteiger partial charge in [0.2, 0.25) is 0 Å². The zero-order valence-electron chi connectivity index (χ0n) is 15.3. The lowest BCUT2D eigenvalue weighted by Crippen LogP contribution is -2.03. The Balaban J connectivity index is 1.47. The van der Waals surface area contributed by atoms with Gasteiger partial charge in [0.15, 0.2) is 5.82 Å². The topological polar surface area (TPSA) is 85.8 Å². The van der Waals surface area contributed by atoms with Crippen LogP contribution in [0.25, 0.3) is 16.4 Å². The van der Waals surface area contributed by atoms with Crippen LogP contribution in [-0.2, 0) is 13.0 Å². The Bertz CT molecular complexity index is 1260. The van der Waals surface area contributed by atoms with Gasteiger partial charge in [0, 0.05) is 29.7 Å². The molecule has 28 heavy (non-hydrogen) atoms. The van der Waals surface area contributed by atoms with Gasteiger partial charge < -0.3 is 5.32 Å². The molecule has 5 rings (SSSR count). The maximum absolute atomic E-state index is 4.50. The van der Waals surface area contributed by atoms with Gasteiger partial charge in [0.1, 0.15) is 11.8 Å². The average Bonchev–Trinajstić information content (AvgIpc) is 3.33. The number of rotatable bonds is 5. The number of aryl methyl sites for hydroxylation is 1. The van der Waals surface area contributed by atoms with Gasteiger partial charge in [-0.2, -0.15) is 10.2 Å². The third-order valence-electron chi connectivity index (χ3n) is 4.75. The average molecular weight is 370 g/mol. The summed E-state index contributed by atoms with van der Waals surface area (Å²) in [4.78, 5) is 12.9. The van der Waals surface area contributed by atoms with Gasteiger partial charge in [-0.25, -0.2) is 9.50 Å². The van der Waals surface area contributed by atoms with Crippen molar-refractivity contribution in [2.45, 2.75) is 19.9 Å². The van der Waals surface area contributed by atoms with E-state index < -0.39 is 0 Å². The van der Waals surface area contributed by atoms with Gasteiger partial charge in [0.25, 0.3) is 0 Å². The van der Waals surface area contributed by atoms with Crippen molar-refractivity contribution in [1.29, 1.82) is 0 Å². The molecule has 8 heteroatoms. The number of aromatic nitrogens is 7. The van der Waals surface area contributed by atoms with Crippen LogP contribution in [-0.4, -0.2) is 34.3 Å². The van der Waals surface area contributed by atoms with E-state index in [1.165, 1.54) is 5.56 Å². The van der Waals surface area contributed by atoms with E-state index in [-0.39, 0.29) is 0 Å². The molecule has 0 spiro atoms. The second-order valence-electron chi connectivity index (χ2n) is 6.49. The van der Waals surface area contributed by atoms with E-state index in [0.717, 1.165) is 40.0 Å². The van der Waals surface area contributed by atoms with E-state index in [1.54, 1.807) is 24.9 Å². The van der Waals surface area contributed by atoms with Crippen molar-refractivity contribution in [3.8, 4) is 0 Å². The molecular weight excluding hydrogens is 352 g/mol. The van der Waals surface area contributed by atoms with E-state index in [1.807, 2.05) is 27.7 Å². The molecule has 8 nitrogen and oxygen atoms in total. The molecule has 0 radical (unpaired) electrons. The SMILES string of the molecule is CCc1ccn2ncnc(Nc3ccc4c(cnn4Cc4cnccn4)c3)c12. The molecule has 0 unspecified atom stereocenters. The highest BCUT2D eigenvalue weighted by atomic mass is 15.3. The summed E-state index contributed by atoms with van der Waals surface area (Å²) in [6.45, 7) is 2.71. The maximum atomic E-state index is 4.50. The fourth-order valence-corrected chi connectivity index (χ4v) is 3.39. The molecule has 138 valence electrons. The zero-order chi connectivity index (χ0) is 18.9. The summed E-state index contributed by atoms with van der Waals surface area (Å²) < 4.78 is 3.78. The number of nitrogens with one attached hydrogen (secondary N) is 1. The minimum absolute atomic E-state index is 0.584. The molecule has 0 aliphatic rings. The largest absolute Gasteiger partial charge is 0.338 e. The second kappa shape index (κ2) is 6.73. The molecular formula is C20H18N8. The van der Waals surface area contributed by atoms with Gasteiger partial charge in [-0.1, -0.05) is 6.92 Å². The Labute approximate surface area is 160 Å². The first kappa shape index (κ1) is 16.4. The van der Waals surface area contributed by atoms with E-state index in [0.29, 0.717) is 6.54 Å². The minimum Gasteiger partial charge on any atom is -0.338 e. The van der Waals surface area contributed by atoms with Gasteiger partial charge >= 0.3 is 0 Å². The fraction of sp³-hybridized carbons (Fsp3) is 0.150. The van der Waals surface area contributed by atoms with E-state index in [9.17, 15) is 0 Å². The molecule has 0 aliphatic carbocycles. The van der Waals surface area contributed by atoms with Crippen LogP contribution < -0.4 is 5.32 Å². The number of fused-ring (bicyclic) bond motifs is 2. The molecule has 0 fully saturated rings. The van der Waals surface area contributed by atoms with Crippen molar-refractivity contribution in [1.82, 2.24) is 34.3 Å². The molecule has 4 aromatic heterocycles. The van der Waals surface area contributed by atoms with Crippen molar-refractivity contribution in [2.24, 2.45) is 0 Å². The van der Waals surface area contributed by atoms with Crippen LogP contribution in [0.1, 0.15) is 18.2 Å². The molecule has 1 aromatic carbocycles.